The van der Waals surface area contributed by atoms with E-state index in [-0.39, 0.29) is 17.7 Å². The Morgan fingerprint density at radius 2 is 2.07 bits per heavy atom. The SMILES string of the molecule is CCc1nc(C(F)(F)F)ccc1C(=O)O. The van der Waals surface area contributed by atoms with E-state index in [4.69, 9.17) is 5.11 Å². The van der Waals surface area contributed by atoms with Crippen molar-refractivity contribution in [3.05, 3.63) is 29.1 Å². The highest BCUT2D eigenvalue weighted by Crippen LogP contribution is 2.28. The van der Waals surface area contributed by atoms with Crippen LogP contribution in [0.1, 0.15) is 28.7 Å². The summed E-state index contributed by atoms with van der Waals surface area (Å²) in [5.41, 5.74) is -1.31. The summed E-state index contributed by atoms with van der Waals surface area (Å²) in [6.07, 6.45) is -4.40. The minimum absolute atomic E-state index is 0.0580. The Morgan fingerprint density at radius 3 is 2.47 bits per heavy atom. The zero-order chi connectivity index (χ0) is 11.6. The number of carboxylic acid groups (broad SMARTS) is 1. The first-order valence-electron chi connectivity index (χ1n) is 4.16. The summed E-state index contributed by atoms with van der Waals surface area (Å²) in [5, 5.41) is 8.67. The molecular formula is C9H8F3NO2. The predicted molar refractivity (Wildman–Crippen MR) is 45.6 cm³/mol. The minimum Gasteiger partial charge on any atom is -0.478 e. The van der Waals surface area contributed by atoms with E-state index in [1.807, 2.05) is 0 Å². The third-order valence-corrected chi connectivity index (χ3v) is 1.83. The lowest BCUT2D eigenvalue weighted by Gasteiger charge is -2.08. The van der Waals surface area contributed by atoms with Gasteiger partial charge in [0.05, 0.1) is 11.3 Å². The number of carboxylic acids is 1. The fourth-order valence-corrected chi connectivity index (χ4v) is 1.12. The molecule has 1 aromatic rings. The first-order chi connectivity index (χ1) is 6.86. The van der Waals surface area contributed by atoms with Gasteiger partial charge in [-0.3, -0.25) is 0 Å². The molecule has 0 radical (unpaired) electrons. The highest BCUT2D eigenvalue weighted by Gasteiger charge is 2.33. The topological polar surface area (TPSA) is 50.2 Å². The maximum atomic E-state index is 12.2. The summed E-state index contributed by atoms with van der Waals surface area (Å²) >= 11 is 0. The van der Waals surface area contributed by atoms with Gasteiger partial charge in [-0.05, 0) is 18.6 Å². The normalized spacial score (nSPS) is 11.5. The van der Waals surface area contributed by atoms with E-state index < -0.39 is 17.8 Å². The fraction of sp³-hybridized carbons (Fsp3) is 0.333. The van der Waals surface area contributed by atoms with Crippen LogP contribution in [0.2, 0.25) is 0 Å². The number of halogens is 3. The standard InChI is InChI=1S/C9H8F3NO2/c1-2-6-5(8(14)15)3-4-7(13-6)9(10,11)12/h3-4H,2H2,1H3,(H,14,15). The van der Waals surface area contributed by atoms with Gasteiger partial charge >= 0.3 is 12.1 Å². The molecule has 0 atom stereocenters. The quantitative estimate of drug-likeness (QED) is 0.830. The van der Waals surface area contributed by atoms with Crippen LogP contribution in [-0.2, 0) is 12.6 Å². The highest BCUT2D eigenvalue weighted by atomic mass is 19.4. The van der Waals surface area contributed by atoms with Crippen molar-refractivity contribution in [1.82, 2.24) is 4.98 Å². The molecule has 0 saturated carbocycles. The Labute approximate surface area is 83.6 Å². The Hall–Kier alpha value is -1.59. The molecule has 1 heterocycles. The van der Waals surface area contributed by atoms with Crippen LogP contribution in [0, 0.1) is 0 Å². The number of aryl methyl sites for hydroxylation is 1. The number of carbonyl (C=O) groups is 1. The third-order valence-electron chi connectivity index (χ3n) is 1.83. The Balaban J connectivity index is 3.25. The van der Waals surface area contributed by atoms with E-state index in [0.29, 0.717) is 6.07 Å². The van der Waals surface area contributed by atoms with Gasteiger partial charge in [0.1, 0.15) is 5.69 Å². The maximum Gasteiger partial charge on any atom is 0.433 e. The van der Waals surface area contributed by atoms with Gasteiger partial charge < -0.3 is 5.11 Å². The van der Waals surface area contributed by atoms with Crippen molar-refractivity contribution in [1.29, 1.82) is 0 Å². The summed E-state index contributed by atoms with van der Waals surface area (Å²) in [7, 11) is 0. The van der Waals surface area contributed by atoms with E-state index in [1.54, 1.807) is 6.92 Å². The smallest absolute Gasteiger partial charge is 0.433 e. The third kappa shape index (κ3) is 2.45. The molecule has 0 aliphatic heterocycles. The lowest BCUT2D eigenvalue weighted by molar-refractivity contribution is -0.141. The van der Waals surface area contributed by atoms with Crippen LogP contribution in [0.4, 0.5) is 13.2 Å². The van der Waals surface area contributed by atoms with Gasteiger partial charge in [0.25, 0.3) is 0 Å². The van der Waals surface area contributed by atoms with E-state index in [0.717, 1.165) is 6.07 Å². The second-order valence-corrected chi connectivity index (χ2v) is 2.85. The van der Waals surface area contributed by atoms with Crippen molar-refractivity contribution in [2.75, 3.05) is 0 Å². The maximum absolute atomic E-state index is 12.2. The van der Waals surface area contributed by atoms with Crippen LogP contribution in [0.15, 0.2) is 12.1 Å². The van der Waals surface area contributed by atoms with E-state index in [2.05, 4.69) is 4.98 Å². The minimum atomic E-state index is -4.54. The van der Waals surface area contributed by atoms with Crippen molar-refractivity contribution in [2.24, 2.45) is 0 Å². The molecule has 0 spiro atoms. The molecule has 82 valence electrons. The molecule has 0 saturated heterocycles. The monoisotopic (exact) mass is 219 g/mol. The molecule has 1 N–H and O–H groups in total. The molecule has 0 aromatic carbocycles. The van der Waals surface area contributed by atoms with Crippen molar-refractivity contribution in [3.63, 3.8) is 0 Å². The Bertz CT molecular complexity index is 387. The summed E-state index contributed by atoms with van der Waals surface area (Å²) < 4.78 is 36.7. The van der Waals surface area contributed by atoms with Crippen molar-refractivity contribution < 1.29 is 23.1 Å². The lowest BCUT2D eigenvalue weighted by Crippen LogP contribution is -2.12. The average molecular weight is 219 g/mol. The number of alkyl halides is 3. The van der Waals surface area contributed by atoms with Gasteiger partial charge in [-0.2, -0.15) is 13.2 Å². The molecule has 1 aromatic heterocycles. The predicted octanol–water partition coefficient (Wildman–Crippen LogP) is 2.36. The highest BCUT2D eigenvalue weighted by molar-refractivity contribution is 5.88. The molecule has 0 bridgehead atoms. The molecular weight excluding hydrogens is 211 g/mol. The zero-order valence-electron chi connectivity index (χ0n) is 7.80. The van der Waals surface area contributed by atoms with Crippen molar-refractivity contribution in [2.45, 2.75) is 19.5 Å². The number of nitrogens with zero attached hydrogens (tertiary/aromatic N) is 1. The summed E-state index contributed by atoms with van der Waals surface area (Å²) in [4.78, 5) is 13.9. The molecule has 0 aliphatic carbocycles. The van der Waals surface area contributed by atoms with Crippen molar-refractivity contribution in [3.8, 4) is 0 Å². The van der Waals surface area contributed by atoms with Gasteiger partial charge in [-0.1, -0.05) is 6.92 Å². The van der Waals surface area contributed by atoms with E-state index in [1.165, 1.54) is 0 Å². The van der Waals surface area contributed by atoms with Crippen LogP contribution in [0.3, 0.4) is 0 Å². The summed E-state index contributed by atoms with van der Waals surface area (Å²) in [6.45, 7) is 1.55. The van der Waals surface area contributed by atoms with E-state index in [9.17, 15) is 18.0 Å². The number of rotatable bonds is 2. The Kier molecular flexibility index (Phi) is 2.97. The van der Waals surface area contributed by atoms with E-state index >= 15 is 0 Å². The number of aromatic carboxylic acids is 1. The average Bonchev–Trinajstić information content (AvgIpc) is 2.15. The van der Waals surface area contributed by atoms with Crippen LogP contribution in [0.25, 0.3) is 0 Å². The van der Waals surface area contributed by atoms with Gasteiger partial charge in [-0.25, -0.2) is 9.78 Å². The van der Waals surface area contributed by atoms with Crippen LogP contribution in [0.5, 0.6) is 0 Å². The molecule has 3 nitrogen and oxygen atoms in total. The van der Waals surface area contributed by atoms with Gasteiger partial charge in [0.15, 0.2) is 0 Å². The number of aromatic nitrogens is 1. The summed E-state index contributed by atoms with van der Waals surface area (Å²) in [5.74, 6) is -1.27. The molecule has 1 rings (SSSR count). The number of pyridine rings is 1. The first-order valence-corrected chi connectivity index (χ1v) is 4.16. The van der Waals surface area contributed by atoms with Gasteiger partial charge in [-0.15, -0.1) is 0 Å². The molecule has 0 fully saturated rings. The lowest BCUT2D eigenvalue weighted by atomic mass is 10.1. The molecule has 0 unspecified atom stereocenters. The second-order valence-electron chi connectivity index (χ2n) is 2.85. The largest absolute Gasteiger partial charge is 0.478 e. The zero-order valence-corrected chi connectivity index (χ0v) is 7.80. The first kappa shape index (κ1) is 11.5. The number of hydrogen-bond acceptors (Lipinski definition) is 2. The molecule has 15 heavy (non-hydrogen) atoms. The molecule has 0 amide bonds. The Morgan fingerprint density at radius 1 is 1.47 bits per heavy atom. The second kappa shape index (κ2) is 3.88. The summed E-state index contributed by atoms with van der Waals surface area (Å²) in [6, 6.07) is 1.60. The van der Waals surface area contributed by atoms with Crippen molar-refractivity contribution >= 4 is 5.97 Å². The number of hydrogen-bond donors (Lipinski definition) is 1. The molecule has 6 heteroatoms. The van der Waals surface area contributed by atoms with Gasteiger partial charge in [0, 0.05) is 0 Å². The van der Waals surface area contributed by atoms with Crippen LogP contribution >= 0.6 is 0 Å². The van der Waals surface area contributed by atoms with Crippen LogP contribution < -0.4 is 0 Å². The fourth-order valence-electron chi connectivity index (χ4n) is 1.12. The van der Waals surface area contributed by atoms with Gasteiger partial charge in [0.2, 0.25) is 0 Å². The molecule has 0 aliphatic rings. The van der Waals surface area contributed by atoms with Crippen LogP contribution in [-0.4, -0.2) is 16.1 Å².